The van der Waals surface area contributed by atoms with Gasteiger partial charge in [-0.15, -0.1) is 0 Å². The maximum atomic E-state index is 11.7. The lowest BCUT2D eigenvalue weighted by molar-refractivity contribution is -0.140. The lowest BCUT2D eigenvalue weighted by atomic mass is 10.1. The molecular formula is C9H17N3O. The number of nitrogens with zero attached hydrogens (tertiary/aromatic N) is 2. The molecule has 4 nitrogen and oxygen atoms in total. The van der Waals surface area contributed by atoms with Crippen molar-refractivity contribution in [2.45, 2.75) is 13.0 Å². The monoisotopic (exact) mass is 183 g/mol. The first-order chi connectivity index (χ1) is 6.31. The van der Waals surface area contributed by atoms with Crippen molar-refractivity contribution in [3.63, 3.8) is 0 Å². The van der Waals surface area contributed by atoms with Crippen LogP contribution in [0.1, 0.15) is 6.92 Å². The molecule has 1 unspecified atom stereocenters. The van der Waals surface area contributed by atoms with Crippen LogP contribution in [0.25, 0.3) is 0 Å². The maximum Gasteiger partial charge on any atom is 0.237 e. The van der Waals surface area contributed by atoms with E-state index in [9.17, 15) is 4.79 Å². The van der Waals surface area contributed by atoms with Crippen molar-refractivity contribution in [2.24, 2.45) is 0 Å². The minimum atomic E-state index is 0.305. The number of carbonyl (C=O) groups is 1. The van der Waals surface area contributed by atoms with Crippen LogP contribution in [-0.4, -0.2) is 61.0 Å². The van der Waals surface area contributed by atoms with Gasteiger partial charge in [-0.05, 0) is 6.54 Å². The van der Waals surface area contributed by atoms with Gasteiger partial charge in [-0.25, -0.2) is 0 Å². The third kappa shape index (κ3) is 1.69. The van der Waals surface area contributed by atoms with E-state index in [1.165, 1.54) is 0 Å². The fourth-order valence-corrected chi connectivity index (χ4v) is 2.14. The summed E-state index contributed by atoms with van der Waals surface area (Å²) in [4.78, 5) is 15.9. The lowest BCUT2D eigenvalue weighted by Crippen LogP contribution is -2.63. The first-order valence-corrected chi connectivity index (χ1v) is 5.04. The van der Waals surface area contributed by atoms with Crippen LogP contribution in [0.15, 0.2) is 0 Å². The van der Waals surface area contributed by atoms with Crippen LogP contribution in [0.3, 0.4) is 0 Å². The van der Waals surface area contributed by atoms with Crippen molar-refractivity contribution in [3.05, 3.63) is 0 Å². The number of amides is 1. The Balaban J connectivity index is 2.03. The van der Waals surface area contributed by atoms with Crippen molar-refractivity contribution >= 4 is 5.91 Å². The summed E-state index contributed by atoms with van der Waals surface area (Å²) in [6.07, 6.45) is 0. The Hall–Kier alpha value is -0.610. The molecule has 74 valence electrons. The molecule has 2 heterocycles. The maximum absolute atomic E-state index is 11.7. The Morgan fingerprint density at radius 2 is 2.46 bits per heavy atom. The van der Waals surface area contributed by atoms with Crippen molar-refractivity contribution < 1.29 is 4.79 Å². The van der Waals surface area contributed by atoms with E-state index in [0.29, 0.717) is 18.5 Å². The van der Waals surface area contributed by atoms with Crippen molar-refractivity contribution in [1.29, 1.82) is 0 Å². The molecule has 1 amide bonds. The highest BCUT2D eigenvalue weighted by atomic mass is 16.2. The van der Waals surface area contributed by atoms with Gasteiger partial charge in [0.25, 0.3) is 0 Å². The number of carbonyl (C=O) groups excluding carboxylic acids is 1. The molecule has 2 fully saturated rings. The van der Waals surface area contributed by atoms with E-state index in [-0.39, 0.29) is 0 Å². The molecule has 2 rings (SSSR count). The summed E-state index contributed by atoms with van der Waals surface area (Å²) in [6.45, 7) is 7.55. The molecule has 1 atom stereocenters. The molecule has 13 heavy (non-hydrogen) atoms. The largest absolute Gasteiger partial charge is 0.335 e. The Kier molecular flexibility index (Phi) is 2.51. The van der Waals surface area contributed by atoms with Gasteiger partial charge >= 0.3 is 0 Å². The standard InChI is InChI=1S/C9H17N3O/c1-2-11-6-8-5-10-3-4-12(8)9(13)7-11/h8,10H,2-7H2,1H3. The Morgan fingerprint density at radius 3 is 3.23 bits per heavy atom. The average molecular weight is 183 g/mol. The first-order valence-electron chi connectivity index (χ1n) is 5.04. The number of fused-ring (bicyclic) bond motifs is 1. The molecule has 2 saturated heterocycles. The van der Waals surface area contributed by atoms with Gasteiger partial charge in [0.1, 0.15) is 0 Å². The molecule has 0 aromatic rings. The van der Waals surface area contributed by atoms with Crippen molar-refractivity contribution in [1.82, 2.24) is 15.1 Å². The van der Waals surface area contributed by atoms with Gasteiger partial charge in [0.15, 0.2) is 0 Å². The van der Waals surface area contributed by atoms with E-state index in [1.54, 1.807) is 0 Å². The molecular weight excluding hydrogens is 166 g/mol. The summed E-state index contributed by atoms with van der Waals surface area (Å²) in [6, 6.07) is 0.412. The zero-order valence-corrected chi connectivity index (χ0v) is 8.12. The number of rotatable bonds is 1. The second-order valence-corrected chi connectivity index (χ2v) is 3.77. The fraction of sp³-hybridized carbons (Fsp3) is 0.889. The summed E-state index contributed by atoms with van der Waals surface area (Å²) in [7, 11) is 0. The van der Waals surface area contributed by atoms with Gasteiger partial charge in [-0.2, -0.15) is 0 Å². The zero-order valence-electron chi connectivity index (χ0n) is 8.12. The predicted octanol–water partition coefficient (Wildman–Crippen LogP) is -0.878. The molecule has 0 radical (unpaired) electrons. The fourth-order valence-electron chi connectivity index (χ4n) is 2.14. The van der Waals surface area contributed by atoms with Crippen LogP contribution in [0.2, 0.25) is 0 Å². The second kappa shape index (κ2) is 3.64. The molecule has 2 aliphatic rings. The van der Waals surface area contributed by atoms with Gasteiger partial charge < -0.3 is 10.2 Å². The van der Waals surface area contributed by atoms with Crippen LogP contribution in [0.4, 0.5) is 0 Å². The van der Waals surface area contributed by atoms with E-state index in [2.05, 4.69) is 17.1 Å². The van der Waals surface area contributed by atoms with Gasteiger partial charge in [-0.3, -0.25) is 9.69 Å². The summed E-state index contributed by atoms with van der Waals surface area (Å²) >= 11 is 0. The lowest BCUT2D eigenvalue weighted by Gasteiger charge is -2.43. The molecule has 2 aliphatic heterocycles. The minimum Gasteiger partial charge on any atom is -0.335 e. The van der Waals surface area contributed by atoms with E-state index in [1.807, 2.05) is 4.90 Å². The molecule has 0 spiro atoms. The average Bonchev–Trinajstić information content (AvgIpc) is 2.18. The normalized spacial score (nSPS) is 30.4. The third-order valence-electron chi connectivity index (χ3n) is 2.95. The van der Waals surface area contributed by atoms with Gasteiger partial charge in [0.2, 0.25) is 5.91 Å². The van der Waals surface area contributed by atoms with Gasteiger partial charge in [0.05, 0.1) is 12.6 Å². The Labute approximate surface area is 78.9 Å². The smallest absolute Gasteiger partial charge is 0.237 e. The first kappa shape index (κ1) is 8.97. The Morgan fingerprint density at radius 1 is 1.62 bits per heavy atom. The quantitative estimate of drug-likeness (QED) is 0.573. The van der Waals surface area contributed by atoms with Gasteiger partial charge in [-0.1, -0.05) is 6.92 Å². The SMILES string of the molecule is CCN1CC(=O)N2CCNCC2C1. The molecule has 0 aromatic heterocycles. The van der Waals surface area contributed by atoms with E-state index in [0.717, 1.165) is 32.7 Å². The van der Waals surface area contributed by atoms with Crippen LogP contribution in [0.5, 0.6) is 0 Å². The molecule has 0 aliphatic carbocycles. The van der Waals surface area contributed by atoms with Gasteiger partial charge in [0, 0.05) is 26.2 Å². The van der Waals surface area contributed by atoms with E-state index < -0.39 is 0 Å². The van der Waals surface area contributed by atoms with E-state index in [4.69, 9.17) is 0 Å². The zero-order chi connectivity index (χ0) is 9.26. The molecule has 0 saturated carbocycles. The summed E-state index contributed by atoms with van der Waals surface area (Å²) in [5.41, 5.74) is 0. The highest BCUT2D eigenvalue weighted by Crippen LogP contribution is 2.11. The topological polar surface area (TPSA) is 35.6 Å². The highest BCUT2D eigenvalue weighted by molar-refractivity contribution is 5.79. The van der Waals surface area contributed by atoms with Crippen molar-refractivity contribution in [2.75, 3.05) is 39.3 Å². The highest BCUT2D eigenvalue weighted by Gasteiger charge is 2.32. The number of hydrogen-bond acceptors (Lipinski definition) is 3. The van der Waals surface area contributed by atoms with Crippen molar-refractivity contribution in [3.8, 4) is 0 Å². The molecule has 4 heteroatoms. The molecule has 0 aromatic carbocycles. The molecule has 1 N–H and O–H groups in total. The number of hydrogen-bond donors (Lipinski definition) is 1. The number of piperazine rings is 2. The third-order valence-corrected chi connectivity index (χ3v) is 2.95. The van der Waals surface area contributed by atoms with Crippen LogP contribution >= 0.6 is 0 Å². The van der Waals surface area contributed by atoms with Crippen LogP contribution in [0, 0.1) is 0 Å². The second-order valence-electron chi connectivity index (χ2n) is 3.77. The summed E-state index contributed by atoms with van der Waals surface area (Å²) in [5.74, 6) is 0.305. The summed E-state index contributed by atoms with van der Waals surface area (Å²) < 4.78 is 0. The van der Waals surface area contributed by atoms with Crippen LogP contribution in [-0.2, 0) is 4.79 Å². The molecule has 0 bridgehead atoms. The number of likely N-dealkylation sites (N-methyl/N-ethyl adjacent to an activating group) is 1. The minimum absolute atomic E-state index is 0.305. The summed E-state index contributed by atoms with van der Waals surface area (Å²) in [5, 5.41) is 3.33. The number of nitrogens with one attached hydrogen (secondary N) is 1. The van der Waals surface area contributed by atoms with E-state index >= 15 is 0 Å². The predicted molar refractivity (Wildman–Crippen MR) is 50.5 cm³/mol. The Bertz CT molecular complexity index is 207. The van der Waals surface area contributed by atoms with Crippen LogP contribution < -0.4 is 5.32 Å².